The molecule has 36 heavy (non-hydrogen) atoms. The third kappa shape index (κ3) is 6.93. The number of carbonyl (C=O) groups excluding carboxylic acids is 4. The number of Topliss-reactive ketones (excluding diaryl/α,β-unsaturated/α-hetero) is 1. The van der Waals surface area contributed by atoms with Gasteiger partial charge in [-0.05, 0) is 41.0 Å². The Kier molecular flexibility index (Phi) is 9.22. The van der Waals surface area contributed by atoms with E-state index in [0.29, 0.717) is 6.42 Å². The average Bonchev–Trinajstić information content (AvgIpc) is 3.14. The summed E-state index contributed by atoms with van der Waals surface area (Å²) in [6.07, 6.45) is 0.0195. The fourth-order valence-corrected chi connectivity index (χ4v) is 4.78. The molecule has 2 atom stereocenters. The molecule has 8 nitrogen and oxygen atoms in total. The number of hydrogen-bond donors (Lipinski definition) is 3. The Morgan fingerprint density at radius 1 is 0.972 bits per heavy atom. The zero-order chi connectivity index (χ0) is 26.2. The van der Waals surface area contributed by atoms with Gasteiger partial charge in [-0.3, -0.25) is 14.4 Å². The highest BCUT2D eigenvalue weighted by molar-refractivity contribution is 5.91. The Morgan fingerprint density at radius 2 is 1.56 bits per heavy atom. The van der Waals surface area contributed by atoms with E-state index in [9.17, 15) is 19.2 Å². The second-order valence-corrected chi connectivity index (χ2v) is 9.69. The van der Waals surface area contributed by atoms with Crippen LogP contribution < -0.4 is 16.4 Å². The number of carbonyl (C=O) groups is 4. The van der Waals surface area contributed by atoms with Crippen LogP contribution in [0.3, 0.4) is 0 Å². The molecular formula is C28H35N3O5. The van der Waals surface area contributed by atoms with Crippen LogP contribution in [0.1, 0.15) is 57.1 Å². The van der Waals surface area contributed by atoms with E-state index in [0.717, 1.165) is 22.3 Å². The zero-order valence-corrected chi connectivity index (χ0v) is 21.1. The number of hydrogen-bond acceptors (Lipinski definition) is 5. The molecule has 0 aromatic heterocycles. The highest BCUT2D eigenvalue weighted by Crippen LogP contribution is 2.44. The maximum Gasteiger partial charge on any atom is 0.407 e. The van der Waals surface area contributed by atoms with Gasteiger partial charge in [-0.25, -0.2) is 4.79 Å². The van der Waals surface area contributed by atoms with Crippen LogP contribution in [-0.2, 0) is 19.1 Å². The lowest BCUT2D eigenvalue weighted by molar-refractivity contribution is -0.130. The normalized spacial score (nSPS) is 13.9. The van der Waals surface area contributed by atoms with Crippen molar-refractivity contribution in [1.29, 1.82) is 0 Å². The molecule has 1 aliphatic rings. The fraction of sp³-hybridized carbons (Fsp3) is 0.429. The number of alkyl carbamates (subject to hydrolysis) is 1. The Balaban J connectivity index is 1.54. The van der Waals surface area contributed by atoms with Gasteiger partial charge in [-0.1, -0.05) is 62.4 Å². The van der Waals surface area contributed by atoms with Crippen LogP contribution in [0.2, 0.25) is 0 Å². The first-order valence-electron chi connectivity index (χ1n) is 12.3. The number of nitrogens with one attached hydrogen (secondary N) is 2. The van der Waals surface area contributed by atoms with Gasteiger partial charge in [0, 0.05) is 31.7 Å². The van der Waals surface area contributed by atoms with Gasteiger partial charge < -0.3 is 21.1 Å². The molecule has 3 amide bonds. The van der Waals surface area contributed by atoms with E-state index < -0.39 is 24.0 Å². The SMILES string of the molecule is CC(=O)N[C@@H](CCNC(=O)OCC1c2ccccc2-c2ccccc21)C(=O)C[C@@H](CC(C)C)C(N)=O. The van der Waals surface area contributed by atoms with Crippen LogP contribution in [-0.4, -0.2) is 42.9 Å². The van der Waals surface area contributed by atoms with Crippen LogP contribution >= 0.6 is 0 Å². The zero-order valence-electron chi connectivity index (χ0n) is 21.1. The Bertz CT molecular complexity index is 1070. The number of ketones is 1. The summed E-state index contributed by atoms with van der Waals surface area (Å²) in [6, 6.07) is 15.3. The van der Waals surface area contributed by atoms with Crippen LogP contribution in [0.25, 0.3) is 11.1 Å². The Morgan fingerprint density at radius 3 is 2.08 bits per heavy atom. The van der Waals surface area contributed by atoms with E-state index >= 15 is 0 Å². The minimum absolute atomic E-state index is 0.0522. The van der Waals surface area contributed by atoms with E-state index in [2.05, 4.69) is 22.8 Å². The maximum atomic E-state index is 12.8. The highest BCUT2D eigenvalue weighted by atomic mass is 16.5. The van der Waals surface area contributed by atoms with Crippen molar-refractivity contribution in [2.75, 3.05) is 13.2 Å². The number of rotatable bonds is 12. The summed E-state index contributed by atoms with van der Waals surface area (Å²) in [7, 11) is 0. The molecule has 0 saturated carbocycles. The summed E-state index contributed by atoms with van der Waals surface area (Å²) in [6.45, 7) is 5.52. The van der Waals surface area contributed by atoms with Crippen molar-refractivity contribution in [2.24, 2.45) is 17.6 Å². The van der Waals surface area contributed by atoms with E-state index in [1.165, 1.54) is 6.92 Å². The summed E-state index contributed by atoms with van der Waals surface area (Å²) in [5, 5.41) is 5.28. The van der Waals surface area contributed by atoms with Crippen LogP contribution in [0.15, 0.2) is 48.5 Å². The number of benzene rings is 2. The fourth-order valence-electron chi connectivity index (χ4n) is 4.78. The van der Waals surface area contributed by atoms with E-state index in [1.54, 1.807) is 0 Å². The van der Waals surface area contributed by atoms with Gasteiger partial charge >= 0.3 is 6.09 Å². The van der Waals surface area contributed by atoms with Crippen molar-refractivity contribution in [3.8, 4) is 11.1 Å². The van der Waals surface area contributed by atoms with Crippen molar-refractivity contribution < 1.29 is 23.9 Å². The molecule has 2 aromatic carbocycles. The van der Waals surface area contributed by atoms with Gasteiger partial charge in [-0.15, -0.1) is 0 Å². The van der Waals surface area contributed by atoms with Crippen molar-refractivity contribution in [2.45, 2.75) is 52.0 Å². The number of amides is 3. The molecule has 192 valence electrons. The molecule has 2 aromatic rings. The molecule has 1 aliphatic carbocycles. The molecule has 0 unspecified atom stereocenters. The lowest BCUT2D eigenvalue weighted by Gasteiger charge is -2.21. The van der Waals surface area contributed by atoms with Crippen molar-refractivity contribution in [3.05, 3.63) is 59.7 Å². The molecule has 0 bridgehead atoms. The van der Waals surface area contributed by atoms with Gasteiger partial charge in [0.2, 0.25) is 11.8 Å². The van der Waals surface area contributed by atoms with Crippen molar-refractivity contribution >= 4 is 23.7 Å². The Labute approximate surface area is 212 Å². The molecule has 0 heterocycles. The number of nitrogens with two attached hydrogens (primary N) is 1. The van der Waals surface area contributed by atoms with Gasteiger partial charge in [0.1, 0.15) is 6.61 Å². The molecule has 3 rings (SSSR count). The third-order valence-electron chi connectivity index (χ3n) is 6.42. The second-order valence-electron chi connectivity index (χ2n) is 9.69. The predicted molar refractivity (Wildman–Crippen MR) is 137 cm³/mol. The van der Waals surface area contributed by atoms with E-state index in [1.807, 2.05) is 50.2 Å². The highest BCUT2D eigenvalue weighted by Gasteiger charge is 2.29. The summed E-state index contributed by atoms with van der Waals surface area (Å²) < 4.78 is 5.52. The monoisotopic (exact) mass is 493 g/mol. The molecule has 0 aliphatic heterocycles. The number of primary amides is 1. The molecule has 0 spiro atoms. The minimum atomic E-state index is -0.828. The minimum Gasteiger partial charge on any atom is -0.449 e. The molecule has 0 radical (unpaired) electrons. The molecule has 8 heteroatoms. The Hall–Kier alpha value is -3.68. The standard InChI is InChI=1S/C28H35N3O5/c1-17(2)14-19(27(29)34)15-26(33)25(31-18(3)32)12-13-30-28(35)36-16-24-22-10-6-4-8-20(22)21-9-5-7-11-23(21)24/h4-11,17,19,24-25H,12-16H2,1-3H3,(H2,29,34)(H,30,35)(H,31,32)/t19-,25+/m1/s1. The second kappa shape index (κ2) is 12.3. The largest absolute Gasteiger partial charge is 0.449 e. The van der Waals surface area contributed by atoms with Gasteiger partial charge in [0.25, 0.3) is 0 Å². The summed E-state index contributed by atoms with van der Waals surface area (Å²) >= 11 is 0. The van der Waals surface area contributed by atoms with Crippen LogP contribution in [0.5, 0.6) is 0 Å². The first-order valence-corrected chi connectivity index (χ1v) is 12.3. The number of fused-ring (bicyclic) bond motifs is 3. The van der Waals surface area contributed by atoms with Crippen LogP contribution in [0, 0.1) is 11.8 Å². The predicted octanol–water partition coefficient (Wildman–Crippen LogP) is 3.53. The molecule has 4 N–H and O–H groups in total. The van der Waals surface area contributed by atoms with Crippen molar-refractivity contribution in [3.63, 3.8) is 0 Å². The summed E-state index contributed by atoms with van der Waals surface area (Å²) in [4.78, 5) is 48.6. The molecular weight excluding hydrogens is 458 g/mol. The van der Waals surface area contributed by atoms with Crippen molar-refractivity contribution in [1.82, 2.24) is 10.6 Å². The van der Waals surface area contributed by atoms with Gasteiger partial charge in [0.15, 0.2) is 5.78 Å². The lowest BCUT2D eigenvalue weighted by atomic mass is 9.89. The first-order chi connectivity index (χ1) is 17.2. The summed E-state index contributed by atoms with van der Waals surface area (Å²) in [5.41, 5.74) is 9.99. The quantitative estimate of drug-likeness (QED) is 0.417. The first kappa shape index (κ1) is 26.9. The maximum absolute atomic E-state index is 12.8. The molecule has 0 saturated heterocycles. The van der Waals surface area contributed by atoms with Gasteiger partial charge in [0.05, 0.1) is 6.04 Å². The average molecular weight is 494 g/mol. The lowest BCUT2D eigenvalue weighted by Crippen LogP contribution is -2.43. The van der Waals surface area contributed by atoms with E-state index in [4.69, 9.17) is 10.5 Å². The summed E-state index contributed by atoms with van der Waals surface area (Å²) in [5.74, 6) is -1.63. The van der Waals surface area contributed by atoms with Gasteiger partial charge in [-0.2, -0.15) is 0 Å². The van der Waals surface area contributed by atoms with Crippen LogP contribution in [0.4, 0.5) is 4.79 Å². The number of ether oxygens (including phenoxy) is 1. The third-order valence-corrected chi connectivity index (χ3v) is 6.42. The topological polar surface area (TPSA) is 128 Å². The van der Waals surface area contributed by atoms with E-state index in [-0.39, 0.29) is 49.5 Å². The smallest absolute Gasteiger partial charge is 0.407 e. The molecule has 0 fully saturated rings.